The van der Waals surface area contributed by atoms with Crippen LogP contribution in [0, 0.1) is 0 Å². The Kier molecular flexibility index (Phi) is 6.09. The van der Waals surface area contributed by atoms with Crippen LogP contribution in [0.4, 0.5) is 0 Å². The first-order chi connectivity index (χ1) is 14.7. The summed E-state index contributed by atoms with van der Waals surface area (Å²) >= 11 is 0. The number of pyridine rings is 1. The van der Waals surface area contributed by atoms with E-state index in [1.807, 2.05) is 44.2 Å². The lowest BCUT2D eigenvalue weighted by molar-refractivity contribution is 0.235. The first-order valence-corrected chi connectivity index (χ1v) is 10.3. The molecule has 7 nitrogen and oxygen atoms in total. The molecule has 30 heavy (non-hydrogen) atoms. The van der Waals surface area contributed by atoms with Gasteiger partial charge in [-0.2, -0.15) is 0 Å². The Morgan fingerprint density at radius 1 is 1.17 bits per heavy atom. The molecule has 0 amide bonds. The lowest BCUT2D eigenvalue weighted by atomic mass is 10.0. The van der Waals surface area contributed by atoms with E-state index in [1.54, 1.807) is 12.4 Å². The highest BCUT2D eigenvalue weighted by Crippen LogP contribution is 2.27. The Bertz CT molecular complexity index is 1070. The lowest BCUT2D eigenvalue weighted by Gasteiger charge is -2.28. The molecule has 1 aromatic carbocycles. The van der Waals surface area contributed by atoms with Gasteiger partial charge in [0.15, 0.2) is 0 Å². The fourth-order valence-electron chi connectivity index (χ4n) is 3.73. The summed E-state index contributed by atoms with van der Waals surface area (Å²) in [5.74, 6) is 2.25. The number of aromatic amines is 1. The van der Waals surface area contributed by atoms with Crippen molar-refractivity contribution < 1.29 is 9.47 Å². The quantitative estimate of drug-likeness (QED) is 0.649. The van der Waals surface area contributed by atoms with Gasteiger partial charge in [0.25, 0.3) is 5.56 Å². The molecule has 3 heterocycles. The van der Waals surface area contributed by atoms with E-state index in [9.17, 15) is 4.79 Å². The number of hydrogen-bond acceptors (Lipinski definition) is 6. The zero-order chi connectivity index (χ0) is 20.9. The van der Waals surface area contributed by atoms with Gasteiger partial charge in [0.1, 0.15) is 17.3 Å². The summed E-state index contributed by atoms with van der Waals surface area (Å²) in [7, 11) is 0. The first-order valence-electron chi connectivity index (χ1n) is 10.3. The number of nitrogens with one attached hydrogen (secondary N) is 1. The van der Waals surface area contributed by atoms with Gasteiger partial charge in [-0.15, -0.1) is 0 Å². The predicted molar refractivity (Wildman–Crippen MR) is 115 cm³/mol. The predicted octanol–water partition coefficient (Wildman–Crippen LogP) is 3.19. The minimum atomic E-state index is -0.0864. The van der Waals surface area contributed by atoms with Crippen LogP contribution in [-0.4, -0.2) is 39.6 Å². The zero-order valence-corrected chi connectivity index (χ0v) is 17.4. The molecule has 0 saturated heterocycles. The maximum Gasteiger partial charge on any atom is 0.255 e. The van der Waals surface area contributed by atoms with Crippen molar-refractivity contribution in [2.45, 2.75) is 33.4 Å². The summed E-state index contributed by atoms with van der Waals surface area (Å²) in [6, 6.07) is 9.64. The van der Waals surface area contributed by atoms with E-state index in [0.29, 0.717) is 32.1 Å². The summed E-state index contributed by atoms with van der Waals surface area (Å²) in [6.07, 6.45) is 4.14. The van der Waals surface area contributed by atoms with Crippen LogP contribution in [0.1, 0.15) is 30.7 Å². The maximum absolute atomic E-state index is 12.8. The Morgan fingerprint density at radius 2 is 2.03 bits per heavy atom. The van der Waals surface area contributed by atoms with Crippen LogP contribution in [0.15, 0.2) is 47.5 Å². The summed E-state index contributed by atoms with van der Waals surface area (Å²) in [5, 5.41) is 0. The normalized spacial score (nSPS) is 13.7. The molecule has 0 spiro atoms. The largest absolute Gasteiger partial charge is 0.494 e. The average molecular weight is 406 g/mol. The van der Waals surface area contributed by atoms with Crippen molar-refractivity contribution in [3.8, 4) is 22.9 Å². The molecule has 7 heteroatoms. The van der Waals surface area contributed by atoms with E-state index in [-0.39, 0.29) is 5.56 Å². The SMILES string of the molecule is CCOc1ccc(OCC)c(CN2CCc3nc(-c4cccnc4)[nH]c(=O)c3C2)c1. The Hall–Kier alpha value is -3.19. The van der Waals surface area contributed by atoms with Crippen LogP contribution in [0.5, 0.6) is 11.5 Å². The molecular formula is C23H26N4O3. The topological polar surface area (TPSA) is 80.3 Å². The van der Waals surface area contributed by atoms with E-state index >= 15 is 0 Å². The lowest BCUT2D eigenvalue weighted by Crippen LogP contribution is -2.35. The molecule has 4 rings (SSSR count). The Labute approximate surface area is 175 Å². The van der Waals surface area contributed by atoms with E-state index in [4.69, 9.17) is 14.5 Å². The molecule has 1 N–H and O–H groups in total. The highest BCUT2D eigenvalue weighted by Gasteiger charge is 2.22. The number of fused-ring (bicyclic) bond motifs is 1. The molecule has 0 bridgehead atoms. The van der Waals surface area contributed by atoms with E-state index in [2.05, 4.69) is 14.9 Å². The monoisotopic (exact) mass is 406 g/mol. The van der Waals surface area contributed by atoms with Crippen molar-refractivity contribution in [2.24, 2.45) is 0 Å². The number of H-pyrrole nitrogens is 1. The third-order valence-corrected chi connectivity index (χ3v) is 5.12. The fourth-order valence-corrected chi connectivity index (χ4v) is 3.73. The second-order valence-electron chi connectivity index (χ2n) is 7.18. The molecule has 0 aliphatic carbocycles. The van der Waals surface area contributed by atoms with Gasteiger partial charge in [-0.05, 0) is 44.2 Å². The highest BCUT2D eigenvalue weighted by molar-refractivity contribution is 5.53. The van der Waals surface area contributed by atoms with Crippen LogP contribution >= 0.6 is 0 Å². The van der Waals surface area contributed by atoms with Gasteiger partial charge < -0.3 is 14.5 Å². The fraction of sp³-hybridized carbons (Fsp3) is 0.348. The van der Waals surface area contributed by atoms with Crippen molar-refractivity contribution >= 4 is 0 Å². The van der Waals surface area contributed by atoms with Crippen LogP contribution < -0.4 is 15.0 Å². The molecule has 0 radical (unpaired) electrons. The molecule has 1 aliphatic rings. The third-order valence-electron chi connectivity index (χ3n) is 5.12. The molecule has 0 unspecified atom stereocenters. The molecule has 0 saturated carbocycles. The van der Waals surface area contributed by atoms with Crippen molar-refractivity contribution in [2.75, 3.05) is 19.8 Å². The van der Waals surface area contributed by atoms with Gasteiger partial charge in [-0.1, -0.05) is 0 Å². The van der Waals surface area contributed by atoms with E-state index < -0.39 is 0 Å². The first kappa shape index (κ1) is 20.1. The minimum absolute atomic E-state index is 0.0864. The molecule has 1 aliphatic heterocycles. The molecular weight excluding hydrogens is 380 g/mol. The summed E-state index contributed by atoms with van der Waals surface area (Å²) in [4.78, 5) is 26.8. The van der Waals surface area contributed by atoms with Crippen molar-refractivity contribution in [3.05, 3.63) is 69.9 Å². The number of rotatable bonds is 7. The molecule has 0 fully saturated rings. The number of hydrogen-bond donors (Lipinski definition) is 1. The Balaban J connectivity index is 1.57. The molecule has 3 aromatic rings. The second-order valence-corrected chi connectivity index (χ2v) is 7.18. The molecule has 2 aromatic heterocycles. The van der Waals surface area contributed by atoms with Crippen molar-refractivity contribution in [1.82, 2.24) is 19.9 Å². The van der Waals surface area contributed by atoms with Crippen LogP contribution in [0.25, 0.3) is 11.4 Å². The van der Waals surface area contributed by atoms with Gasteiger partial charge in [-0.25, -0.2) is 4.98 Å². The number of ether oxygens (including phenoxy) is 2. The van der Waals surface area contributed by atoms with Crippen molar-refractivity contribution in [3.63, 3.8) is 0 Å². The maximum atomic E-state index is 12.8. The standard InChI is InChI=1S/C23H26N4O3/c1-3-29-18-7-8-21(30-4-2)17(12-18)14-27-11-9-20-19(15-27)23(28)26-22(25-20)16-6-5-10-24-13-16/h5-8,10,12-13H,3-4,9,11,14-15H2,1-2H3,(H,25,26,28). The van der Waals surface area contributed by atoms with Crippen molar-refractivity contribution in [1.29, 1.82) is 0 Å². The third kappa shape index (κ3) is 4.36. The number of nitrogens with zero attached hydrogens (tertiary/aromatic N) is 3. The molecule has 156 valence electrons. The summed E-state index contributed by atoms with van der Waals surface area (Å²) in [5.41, 5.74) is 3.38. The average Bonchev–Trinajstić information content (AvgIpc) is 2.77. The van der Waals surface area contributed by atoms with Gasteiger partial charge in [-0.3, -0.25) is 14.7 Å². The van der Waals surface area contributed by atoms with E-state index in [0.717, 1.165) is 46.8 Å². The van der Waals surface area contributed by atoms with Crippen LogP contribution in [-0.2, 0) is 19.5 Å². The highest BCUT2D eigenvalue weighted by atomic mass is 16.5. The van der Waals surface area contributed by atoms with Gasteiger partial charge in [0.05, 0.1) is 24.5 Å². The van der Waals surface area contributed by atoms with E-state index in [1.165, 1.54) is 0 Å². The summed E-state index contributed by atoms with van der Waals surface area (Å²) in [6.45, 7) is 7.21. The molecule has 0 atom stereocenters. The summed E-state index contributed by atoms with van der Waals surface area (Å²) < 4.78 is 11.5. The van der Waals surface area contributed by atoms with Crippen LogP contribution in [0.3, 0.4) is 0 Å². The Morgan fingerprint density at radius 3 is 2.80 bits per heavy atom. The number of aromatic nitrogens is 3. The van der Waals surface area contributed by atoms with Gasteiger partial charge in [0, 0.05) is 49.6 Å². The second kappa shape index (κ2) is 9.09. The van der Waals surface area contributed by atoms with Gasteiger partial charge >= 0.3 is 0 Å². The number of benzene rings is 1. The smallest absolute Gasteiger partial charge is 0.255 e. The minimum Gasteiger partial charge on any atom is -0.494 e. The van der Waals surface area contributed by atoms with Crippen LogP contribution in [0.2, 0.25) is 0 Å². The zero-order valence-electron chi connectivity index (χ0n) is 17.4. The van der Waals surface area contributed by atoms with Gasteiger partial charge in [0.2, 0.25) is 0 Å².